The summed E-state index contributed by atoms with van der Waals surface area (Å²) in [6, 6.07) is 3.59. The highest BCUT2D eigenvalue weighted by Crippen LogP contribution is 2.35. The van der Waals surface area contributed by atoms with Crippen molar-refractivity contribution in [2.75, 3.05) is 13.7 Å². The van der Waals surface area contributed by atoms with Gasteiger partial charge in [-0.1, -0.05) is 6.07 Å². The van der Waals surface area contributed by atoms with E-state index >= 15 is 0 Å². The quantitative estimate of drug-likeness (QED) is 0.184. The average molecular weight is 556 g/mol. The van der Waals surface area contributed by atoms with Crippen LogP contribution in [-0.2, 0) is 54.2 Å². The van der Waals surface area contributed by atoms with Gasteiger partial charge in [0.15, 0.2) is 24.1 Å². The summed E-state index contributed by atoms with van der Waals surface area (Å²) >= 11 is 0. The fourth-order valence-corrected chi connectivity index (χ4v) is 3.54. The number of rotatable bonds is 10. The number of esters is 4. The predicted molar refractivity (Wildman–Crippen MR) is 125 cm³/mol. The Bertz CT molecular complexity index is 1110. The number of hydrogen-bond donors (Lipinski definition) is 1. The van der Waals surface area contributed by atoms with Gasteiger partial charge in [-0.15, -0.1) is 0 Å². The Kier molecular flexibility index (Phi) is 11.0. The van der Waals surface area contributed by atoms with E-state index in [-0.39, 0.29) is 12.2 Å². The van der Waals surface area contributed by atoms with Crippen molar-refractivity contribution in [3.05, 3.63) is 33.9 Å². The lowest BCUT2D eigenvalue weighted by Crippen LogP contribution is -2.64. The first kappa shape index (κ1) is 30.8. The van der Waals surface area contributed by atoms with Crippen LogP contribution in [0, 0.1) is 10.1 Å². The third kappa shape index (κ3) is 8.53. The van der Waals surface area contributed by atoms with Crippen molar-refractivity contribution >= 4 is 35.7 Å². The predicted octanol–water partition coefficient (Wildman–Crippen LogP) is 0.913. The normalized spacial score (nSPS) is 22.0. The molecule has 0 bridgehead atoms. The number of carbonyl (C=O) groups is 5. The average Bonchev–Trinajstić information content (AvgIpc) is 2.85. The van der Waals surface area contributed by atoms with Gasteiger partial charge in [0.25, 0.3) is 0 Å². The number of nitrogens with zero attached hydrogens (tertiary/aromatic N) is 1. The third-order valence-corrected chi connectivity index (χ3v) is 4.99. The number of amides is 1. The zero-order valence-electron chi connectivity index (χ0n) is 21.7. The van der Waals surface area contributed by atoms with E-state index in [1.807, 2.05) is 0 Å². The number of hydrogen-bond acceptors (Lipinski definition) is 14. The minimum absolute atomic E-state index is 0.238. The number of alkyl carbamates (subject to hydrolysis) is 1. The molecule has 16 heteroatoms. The molecular formula is C23H28N2O14. The smallest absolute Gasteiger partial charge is 0.407 e. The molecule has 0 aliphatic carbocycles. The van der Waals surface area contributed by atoms with Gasteiger partial charge in [0.1, 0.15) is 6.61 Å². The molecule has 1 saturated heterocycles. The Morgan fingerprint density at radius 2 is 1.56 bits per heavy atom. The summed E-state index contributed by atoms with van der Waals surface area (Å²) in [5.74, 6) is -4.17. The molecule has 1 aliphatic rings. The van der Waals surface area contributed by atoms with E-state index in [1.54, 1.807) is 6.92 Å². The molecule has 0 spiro atoms. The second-order valence-electron chi connectivity index (χ2n) is 7.95. The molecule has 0 unspecified atom stereocenters. The molecule has 0 saturated carbocycles. The number of benzene rings is 1. The monoisotopic (exact) mass is 556 g/mol. The third-order valence-electron chi connectivity index (χ3n) is 4.99. The molecule has 0 aromatic heterocycles. The molecule has 1 fully saturated rings. The molecule has 5 atom stereocenters. The summed E-state index contributed by atoms with van der Waals surface area (Å²) < 4.78 is 36.6. The SMILES string of the molecule is CCNC(=O)OCc1ccc(O[C@@H]2O[C@H](C(=O)OC)[C@@H](OC(C)=O)[C@H](OC(C)=O)[C@H]2OC(C)=O)c([N+](=O)[O-])c1. The number of nitrogens with one attached hydrogen (secondary N) is 1. The summed E-state index contributed by atoms with van der Waals surface area (Å²) in [5, 5.41) is 14.2. The first-order valence-corrected chi connectivity index (χ1v) is 11.5. The molecule has 1 aromatic rings. The molecule has 0 radical (unpaired) electrons. The molecule has 214 valence electrons. The standard InChI is InChI=1S/C23H28N2O14/c1-6-24-23(30)34-10-14-7-8-16(15(9-14)25(31)32)38-22-20(37-13(4)28)18(36-12(3)27)17(35-11(2)26)19(39-22)21(29)33-5/h7-9,17-20,22H,6,10H2,1-5H3,(H,24,30)/t17-,18-,19-,20+,22+/m0/s1. The number of nitro benzene ring substituents is 1. The van der Waals surface area contributed by atoms with Crippen molar-refractivity contribution in [2.45, 2.75) is 65.0 Å². The molecule has 1 heterocycles. The number of nitro groups is 1. The summed E-state index contributed by atoms with van der Waals surface area (Å²) in [4.78, 5) is 70.6. The Labute approximate surface area is 221 Å². The second-order valence-corrected chi connectivity index (χ2v) is 7.95. The van der Waals surface area contributed by atoms with Gasteiger partial charge in [-0.05, 0) is 18.6 Å². The zero-order chi connectivity index (χ0) is 29.3. The number of ether oxygens (including phenoxy) is 7. The van der Waals surface area contributed by atoms with Crippen LogP contribution in [0.5, 0.6) is 5.75 Å². The van der Waals surface area contributed by atoms with Crippen LogP contribution in [-0.4, -0.2) is 79.3 Å². The van der Waals surface area contributed by atoms with Crippen LogP contribution in [0.4, 0.5) is 10.5 Å². The maximum absolute atomic E-state index is 12.5. The van der Waals surface area contributed by atoms with E-state index in [2.05, 4.69) is 5.32 Å². The van der Waals surface area contributed by atoms with Gasteiger partial charge in [0, 0.05) is 33.4 Å². The first-order chi connectivity index (χ1) is 18.4. The lowest BCUT2D eigenvalue weighted by molar-refractivity contribution is -0.387. The largest absolute Gasteiger partial charge is 0.467 e. The minimum atomic E-state index is -1.79. The van der Waals surface area contributed by atoms with E-state index < -0.39 is 77.0 Å². The summed E-state index contributed by atoms with van der Waals surface area (Å²) in [6.45, 7) is 4.74. The van der Waals surface area contributed by atoms with Crippen LogP contribution in [0.2, 0.25) is 0 Å². The van der Waals surface area contributed by atoms with Crippen LogP contribution in [0.3, 0.4) is 0 Å². The number of methoxy groups -OCH3 is 1. The van der Waals surface area contributed by atoms with Gasteiger partial charge in [0.05, 0.1) is 12.0 Å². The molecule has 1 amide bonds. The van der Waals surface area contributed by atoms with Gasteiger partial charge in [0.2, 0.25) is 12.4 Å². The molecule has 16 nitrogen and oxygen atoms in total. The van der Waals surface area contributed by atoms with Gasteiger partial charge >= 0.3 is 35.7 Å². The molecule has 39 heavy (non-hydrogen) atoms. The van der Waals surface area contributed by atoms with E-state index in [0.717, 1.165) is 40.0 Å². The van der Waals surface area contributed by atoms with Crippen molar-refractivity contribution in [2.24, 2.45) is 0 Å². The van der Waals surface area contributed by atoms with Crippen molar-refractivity contribution in [1.29, 1.82) is 0 Å². The molecule has 1 N–H and O–H groups in total. The van der Waals surface area contributed by atoms with Gasteiger partial charge in [-0.3, -0.25) is 24.5 Å². The second kappa shape index (κ2) is 13.9. The Morgan fingerprint density at radius 1 is 0.974 bits per heavy atom. The van der Waals surface area contributed by atoms with Crippen LogP contribution in [0.15, 0.2) is 18.2 Å². The molecule has 1 aromatic carbocycles. The summed E-state index contributed by atoms with van der Waals surface area (Å²) in [7, 11) is 1.01. The van der Waals surface area contributed by atoms with E-state index in [0.29, 0.717) is 6.54 Å². The Hall–Kier alpha value is -4.47. The lowest BCUT2D eigenvalue weighted by Gasteiger charge is -2.42. The van der Waals surface area contributed by atoms with Gasteiger partial charge in [-0.2, -0.15) is 0 Å². The Morgan fingerprint density at radius 3 is 2.10 bits per heavy atom. The van der Waals surface area contributed by atoms with E-state index in [1.165, 1.54) is 6.07 Å². The lowest BCUT2D eigenvalue weighted by atomic mass is 9.97. The van der Waals surface area contributed by atoms with Crippen LogP contribution in [0.1, 0.15) is 33.3 Å². The molecular weight excluding hydrogens is 528 g/mol. The fourth-order valence-electron chi connectivity index (χ4n) is 3.54. The highest BCUT2D eigenvalue weighted by atomic mass is 16.7. The highest BCUT2D eigenvalue weighted by molar-refractivity contribution is 5.77. The summed E-state index contributed by atoms with van der Waals surface area (Å²) in [6.07, 6.45) is -9.19. The topological polar surface area (TPSA) is 205 Å². The zero-order valence-corrected chi connectivity index (χ0v) is 21.7. The first-order valence-electron chi connectivity index (χ1n) is 11.5. The van der Waals surface area contributed by atoms with Gasteiger partial charge < -0.3 is 38.5 Å². The number of carbonyl (C=O) groups excluding carboxylic acids is 5. The van der Waals surface area contributed by atoms with Crippen LogP contribution >= 0.6 is 0 Å². The van der Waals surface area contributed by atoms with E-state index in [4.69, 9.17) is 33.2 Å². The highest BCUT2D eigenvalue weighted by Gasteiger charge is 2.56. The van der Waals surface area contributed by atoms with Gasteiger partial charge in [-0.25, -0.2) is 9.59 Å². The summed E-state index contributed by atoms with van der Waals surface area (Å²) in [5.41, 5.74) is -0.362. The Balaban J connectivity index is 2.50. The van der Waals surface area contributed by atoms with Crippen LogP contribution < -0.4 is 10.1 Å². The van der Waals surface area contributed by atoms with Crippen molar-refractivity contribution in [1.82, 2.24) is 5.32 Å². The van der Waals surface area contributed by atoms with Crippen molar-refractivity contribution < 1.29 is 62.1 Å². The molecule has 2 rings (SSSR count). The van der Waals surface area contributed by atoms with Crippen molar-refractivity contribution in [3.8, 4) is 5.75 Å². The maximum Gasteiger partial charge on any atom is 0.407 e. The van der Waals surface area contributed by atoms with Crippen LogP contribution in [0.25, 0.3) is 0 Å². The van der Waals surface area contributed by atoms with E-state index in [9.17, 15) is 34.1 Å². The van der Waals surface area contributed by atoms with Crippen molar-refractivity contribution in [3.63, 3.8) is 0 Å². The minimum Gasteiger partial charge on any atom is -0.467 e. The molecule has 1 aliphatic heterocycles. The maximum atomic E-state index is 12.5. The fraction of sp³-hybridized carbons (Fsp3) is 0.522.